The van der Waals surface area contributed by atoms with Crippen LogP contribution in [0.15, 0.2) is 42.6 Å². The summed E-state index contributed by atoms with van der Waals surface area (Å²) in [7, 11) is -1.77. The second kappa shape index (κ2) is 11.5. The van der Waals surface area contributed by atoms with Crippen molar-refractivity contribution < 1.29 is 14.0 Å². The van der Waals surface area contributed by atoms with E-state index in [4.69, 9.17) is 16.0 Å². The third-order valence-corrected chi connectivity index (χ3v) is 11.7. The molecule has 2 amide bonds. The fourth-order valence-electron chi connectivity index (χ4n) is 2.94. The Labute approximate surface area is 222 Å². The van der Waals surface area contributed by atoms with Crippen LogP contribution in [0.5, 0.6) is 0 Å². The van der Waals surface area contributed by atoms with Crippen LogP contribution in [0.25, 0.3) is 0 Å². The van der Waals surface area contributed by atoms with Crippen LogP contribution in [0.1, 0.15) is 45.9 Å². The minimum atomic E-state index is -1.77. The lowest BCUT2D eigenvalue weighted by molar-refractivity contribution is 0.0990. The number of hydrogen-bond donors (Lipinski definition) is 3. The second-order valence-electron chi connectivity index (χ2n) is 9.79. The summed E-state index contributed by atoms with van der Waals surface area (Å²) in [5, 5.41) is 10.1. The topological polar surface area (TPSA) is 105 Å². The molecule has 0 radical (unpaired) electrons. The van der Waals surface area contributed by atoms with E-state index in [0.717, 1.165) is 17.0 Å². The third-order valence-electron chi connectivity index (χ3n) is 5.97. The van der Waals surface area contributed by atoms with Crippen molar-refractivity contribution in [3.05, 3.63) is 63.2 Å². The maximum atomic E-state index is 12.9. The largest absolute Gasteiger partial charge is 0.415 e. The number of anilines is 3. The monoisotopic (exact) mass is 545 g/mol. The number of halogens is 1. The molecular weight excluding hydrogens is 514 g/mol. The van der Waals surface area contributed by atoms with Crippen LogP contribution >= 0.6 is 22.9 Å². The summed E-state index contributed by atoms with van der Waals surface area (Å²) in [6, 6.07) is 10.6. The summed E-state index contributed by atoms with van der Waals surface area (Å²) in [6.07, 6.45) is 1.43. The van der Waals surface area contributed by atoms with Gasteiger partial charge in [0.15, 0.2) is 14.0 Å². The van der Waals surface area contributed by atoms with E-state index >= 15 is 0 Å². The van der Waals surface area contributed by atoms with Crippen molar-refractivity contribution in [2.45, 2.75) is 45.8 Å². The van der Waals surface area contributed by atoms with Crippen molar-refractivity contribution in [2.24, 2.45) is 0 Å². The van der Waals surface area contributed by atoms with Crippen LogP contribution in [-0.2, 0) is 4.43 Å². The molecule has 192 valence electrons. The fraction of sp³-hybridized carbons (Fsp3) is 0.360. The number of benzene rings is 1. The van der Waals surface area contributed by atoms with Gasteiger partial charge in [0.1, 0.15) is 10.7 Å². The number of carbonyl (C=O) groups excluding carboxylic acids is 2. The van der Waals surface area contributed by atoms with E-state index in [1.54, 1.807) is 31.2 Å². The van der Waals surface area contributed by atoms with Crippen molar-refractivity contribution in [3.63, 3.8) is 0 Å². The maximum Gasteiger partial charge on any atom is 0.275 e. The summed E-state index contributed by atoms with van der Waals surface area (Å²) in [5.41, 5.74) is 1.58. The first-order valence-corrected chi connectivity index (χ1v) is 15.7. The highest BCUT2D eigenvalue weighted by atomic mass is 35.5. The summed E-state index contributed by atoms with van der Waals surface area (Å²) in [6.45, 7) is 14.2. The van der Waals surface area contributed by atoms with E-state index in [1.807, 2.05) is 12.1 Å². The van der Waals surface area contributed by atoms with Crippen LogP contribution < -0.4 is 16.0 Å². The maximum absolute atomic E-state index is 12.9. The lowest BCUT2D eigenvalue weighted by Gasteiger charge is -2.36. The number of nitrogens with zero attached hydrogens (tertiary/aromatic N) is 2. The van der Waals surface area contributed by atoms with E-state index in [-0.39, 0.29) is 15.6 Å². The molecule has 0 bridgehead atoms. The standard InChI is InChI=1S/C25H32ClN5O3SSi/c1-16-29-21(22(35-16)24(33)31-20-12-7-17(26)15-28-20)23(32)30-19-10-8-18(9-11-19)27-13-14-34-36(5,6)25(2,3)4/h7-12,15,27H,13-14H2,1-6H3,(H,30,32)(H,28,31,33). The Morgan fingerprint density at radius 1 is 1.03 bits per heavy atom. The molecule has 0 saturated carbocycles. The first kappa shape index (κ1) is 27.8. The van der Waals surface area contributed by atoms with Gasteiger partial charge in [0.25, 0.3) is 11.8 Å². The second-order valence-corrected chi connectivity index (χ2v) is 16.2. The van der Waals surface area contributed by atoms with E-state index in [0.29, 0.717) is 34.7 Å². The number of rotatable bonds is 9. The molecule has 3 aromatic rings. The normalized spacial score (nSPS) is 11.8. The molecule has 0 aliphatic heterocycles. The fourth-order valence-corrected chi connectivity index (χ4v) is 4.91. The SMILES string of the molecule is Cc1nc(C(=O)Nc2ccc(NCCO[Si](C)(C)C(C)(C)C)cc2)c(C(=O)Nc2ccc(Cl)cn2)s1. The highest BCUT2D eigenvalue weighted by Crippen LogP contribution is 2.36. The van der Waals surface area contributed by atoms with Gasteiger partial charge in [-0.3, -0.25) is 9.59 Å². The highest BCUT2D eigenvalue weighted by Gasteiger charge is 2.36. The predicted molar refractivity (Wildman–Crippen MR) is 150 cm³/mol. The lowest BCUT2D eigenvalue weighted by atomic mass is 10.2. The molecule has 11 heteroatoms. The van der Waals surface area contributed by atoms with E-state index in [2.05, 4.69) is 59.8 Å². The number of amides is 2. The van der Waals surface area contributed by atoms with Gasteiger partial charge in [-0.25, -0.2) is 9.97 Å². The molecule has 0 atom stereocenters. The zero-order valence-electron chi connectivity index (χ0n) is 21.4. The molecule has 0 unspecified atom stereocenters. The minimum Gasteiger partial charge on any atom is -0.415 e. The summed E-state index contributed by atoms with van der Waals surface area (Å²) in [4.78, 5) is 34.2. The van der Waals surface area contributed by atoms with E-state index < -0.39 is 20.1 Å². The zero-order valence-corrected chi connectivity index (χ0v) is 23.9. The van der Waals surface area contributed by atoms with Gasteiger partial charge in [0, 0.05) is 24.1 Å². The molecular formula is C25H32ClN5O3SSi. The average molecular weight is 546 g/mol. The van der Waals surface area contributed by atoms with Crippen molar-refractivity contribution in [1.82, 2.24) is 9.97 Å². The molecule has 0 aliphatic carbocycles. The molecule has 2 heterocycles. The van der Waals surface area contributed by atoms with Gasteiger partial charge in [-0.15, -0.1) is 11.3 Å². The molecule has 0 spiro atoms. The third kappa shape index (κ3) is 7.36. The number of aryl methyl sites for hydroxylation is 1. The summed E-state index contributed by atoms with van der Waals surface area (Å²) >= 11 is 6.98. The molecule has 3 rings (SSSR count). The first-order valence-electron chi connectivity index (χ1n) is 11.6. The minimum absolute atomic E-state index is 0.0638. The Kier molecular flexibility index (Phi) is 8.88. The predicted octanol–water partition coefficient (Wildman–Crippen LogP) is 6.44. The molecule has 36 heavy (non-hydrogen) atoms. The van der Waals surface area contributed by atoms with Crippen LogP contribution in [-0.4, -0.2) is 43.3 Å². The number of nitrogens with one attached hydrogen (secondary N) is 3. The Morgan fingerprint density at radius 3 is 2.31 bits per heavy atom. The van der Waals surface area contributed by atoms with Crippen molar-refractivity contribution in [2.75, 3.05) is 29.1 Å². The van der Waals surface area contributed by atoms with Gasteiger partial charge in [-0.05, 0) is 61.5 Å². The van der Waals surface area contributed by atoms with E-state index in [1.165, 1.54) is 6.20 Å². The Hall–Kier alpha value is -2.79. The van der Waals surface area contributed by atoms with Crippen LogP contribution in [0.2, 0.25) is 23.2 Å². The molecule has 0 aliphatic rings. The number of hydrogen-bond acceptors (Lipinski definition) is 7. The van der Waals surface area contributed by atoms with Gasteiger partial charge >= 0.3 is 0 Å². The molecule has 0 fully saturated rings. The van der Waals surface area contributed by atoms with Crippen molar-refractivity contribution in [1.29, 1.82) is 0 Å². The summed E-state index contributed by atoms with van der Waals surface area (Å²) in [5.74, 6) is -0.586. The number of aromatic nitrogens is 2. The first-order chi connectivity index (χ1) is 16.9. The molecule has 3 N–H and O–H groups in total. The summed E-state index contributed by atoms with van der Waals surface area (Å²) < 4.78 is 6.19. The van der Waals surface area contributed by atoms with Crippen LogP contribution in [0.4, 0.5) is 17.2 Å². The van der Waals surface area contributed by atoms with Crippen molar-refractivity contribution in [3.8, 4) is 0 Å². The van der Waals surface area contributed by atoms with Gasteiger partial charge in [0.05, 0.1) is 16.6 Å². The highest BCUT2D eigenvalue weighted by molar-refractivity contribution is 7.14. The quantitative estimate of drug-likeness (QED) is 0.211. The molecule has 2 aromatic heterocycles. The molecule has 0 saturated heterocycles. The molecule has 8 nitrogen and oxygen atoms in total. The van der Waals surface area contributed by atoms with Gasteiger partial charge in [-0.1, -0.05) is 32.4 Å². The van der Waals surface area contributed by atoms with Gasteiger partial charge in [0.2, 0.25) is 0 Å². The Morgan fingerprint density at radius 2 is 1.69 bits per heavy atom. The van der Waals surface area contributed by atoms with Crippen LogP contribution in [0.3, 0.4) is 0 Å². The average Bonchev–Trinajstić information content (AvgIpc) is 3.20. The van der Waals surface area contributed by atoms with Gasteiger partial charge in [-0.2, -0.15) is 0 Å². The number of carbonyl (C=O) groups is 2. The van der Waals surface area contributed by atoms with E-state index in [9.17, 15) is 9.59 Å². The smallest absolute Gasteiger partial charge is 0.275 e. The Bertz CT molecular complexity index is 1210. The number of pyridine rings is 1. The number of thiazole rings is 1. The lowest BCUT2D eigenvalue weighted by Crippen LogP contribution is -2.41. The van der Waals surface area contributed by atoms with Crippen LogP contribution in [0, 0.1) is 6.92 Å². The zero-order chi connectivity index (χ0) is 26.5. The van der Waals surface area contributed by atoms with Gasteiger partial charge < -0.3 is 20.4 Å². The van der Waals surface area contributed by atoms with Crippen molar-refractivity contribution >= 4 is 60.3 Å². The molecule has 1 aromatic carbocycles. The Balaban J connectivity index is 1.57.